The molecular formula is C28H26BrIN2O4. The van der Waals surface area contributed by atoms with Crippen LogP contribution in [0, 0.1) is 14.9 Å². The Kier molecular flexibility index (Phi) is 10.2. The molecule has 0 saturated carbocycles. The summed E-state index contributed by atoms with van der Waals surface area (Å²) < 4.78 is 19.3. The first-order valence-corrected chi connectivity index (χ1v) is 13.2. The van der Waals surface area contributed by atoms with Crippen molar-refractivity contribution in [2.75, 3.05) is 11.9 Å². The standard InChI is InChI=1S/C28H26BrIN2O4/c1-4-34-26-15-20(14-25(30)27(26)36-18(2)3)13-21(16-31)28(33)32-23-9-11-24(12-10-23)35-17-19-5-7-22(29)8-6-19/h5-15,18H,4,17H2,1-3H3,(H,32,33)/b21-13+. The van der Waals surface area contributed by atoms with Gasteiger partial charge in [-0.2, -0.15) is 5.26 Å². The summed E-state index contributed by atoms with van der Waals surface area (Å²) in [6, 6.07) is 20.5. The molecule has 0 unspecified atom stereocenters. The summed E-state index contributed by atoms with van der Waals surface area (Å²) >= 11 is 5.58. The summed E-state index contributed by atoms with van der Waals surface area (Å²) in [7, 11) is 0. The first kappa shape index (κ1) is 27.6. The van der Waals surface area contributed by atoms with Crippen LogP contribution < -0.4 is 19.5 Å². The molecule has 36 heavy (non-hydrogen) atoms. The zero-order chi connectivity index (χ0) is 26.1. The molecule has 0 atom stereocenters. The van der Waals surface area contributed by atoms with Crippen molar-refractivity contribution in [2.24, 2.45) is 0 Å². The summed E-state index contributed by atoms with van der Waals surface area (Å²) in [5, 5.41) is 12.4. The number of benzene rings is 3. The minimum absolute atomic E-state index is 0.0166. The van der Waals surface area contributed by atoms with Crippen molar-refractivity contribution in [2.45, 2.75) is 33.5 Å². The summed E-state index contributed by atoms with van der Waals surface area (Å²) in [5.74, 6) is 1.39. The molecule has 3 rings (SSSR count). The maximum absolute atomic E-state index is 12.8. The molecule has 0 aliphatic heterocycles. The highest BCUT2D eigenvalue weighted by Gasteiger charge is 2.15. The maximum Gasteiger partial charge on any atom is 0.266 e. The molecule has 1 N–H and O–H groups in total. The number of nitriles is 1. The van der Waals surface area contributed by atoms with Crippen molar-refractivity contribution in [3.8, 4) is 23.3 Å². The molecule has 6 nitrogen and oxygen atoms in total. The number of halogens is 2. The van der Waals surface area contributed by atoms with Gasteiger partial charge in [-0.1, -0.05) is 28.1 Å². The molecule has 0 aliphatic rings. The molecule has 3 aromatic carbocycles. The smallest absolute Gasteiger partial charge is 0.266 e. The van der Waals surface area contributed by atoms with E-state index >= 15 is 0 Å². The molecule has 0 aliphatic carbocycles. The van der Waals surface area contributed by atoms with Crippen LogP contribution >= 0.6 is 38.5 Å². The molecule has 0 aromatic heterocycles. The van der Waals surface area contributed by atoms with Crippen molar-refractivity contribution in [1.29, 1.82) is 5.26 Å². The monoisotopic (exact) mass is 660 g/mol. The number of amides is 1. The Labute approximate surface area is 233 Å². The third-order valence-corrected chi connectivity index (χ3v) is 6.12. The van der Waals surface area contributed by atoms with Gasteiger partial charge in [-0.15, -0.1) is 0 Å². The third-order valence-electron chi connectivity index (χ3n) is 4.79. The number of hydrogen-bond donors (Lipinski definition) is 1. The normalized spacial score (nSPS) is 11.1. The summed E-state index contributed by atoms with van der Waals surface area (Å²) in [6.45, 7) is 6.67. The number of nitrogens with zero attached hydrogens (tertiary/aromatic N) is 1. The molecule has 3 aromatic rings. The van der Waals surface area contributed by atoms with Crippen LogP contribution in [0.5, 0.6) is 17.2 Å². The molecule has 0 saturated heterocycles. The molecule has 0 radical (unpaired) electrons. The van der Waals surface area contributed by atoms with Gasteiger partial charge in [-0.3, -0.25) is 4.79 Å². The quantitative estimate of drug-likeness (QED) is 0.140. The topological polar surface area (TPSA) is 80.6 Å². The van der Waals surface area contributed by atoms with Gasteiger partial charge >= 0.3 is 0 Å². The largest absolute Gasteiger partial charge is 0.490 e. The van der Waals surface area contributed by atoms with E-state index in [0.29, 0.717) is 41.7 Å². The van der Waals surface area contributed by atoms with Gasteiger partial charge in [-0.25, -0.2) is 0 Å². The lowest BCUT2D eigenvalue weighted by molar-refractivity contribution is -0.112. The van der Waals surface area contributed by atoms with Crippen molar-refractivity contribution in [1.82, 2.24) is 0 Å². The highest BCUT2D eigenvalue weighted by atomic mass is 127. The lowest BCUT2D eigenvalue weighted by atomic mass is 10.1. The summed E-state index contributed by atoms with van der Waals surface area (Å²) in [4.78, 5) is 12.8. The Morgan fingerprint density at radius 1 is 1.11 bits per heavy atom. The highest BCUT2D eigenvalue weighted by Crippen LogP contribution is 2.35. The Morgan fingerprint density at radius 3 is 2.42 bits per heavy atom. The van der Waals surface area contributed by atoms with Crippen LogP contribution in [0.3, 0.4) is 0 Å². The fourth-order valence-corrected chi connectivity index (χ4v) is 4.20. The Morgan fingerprint density at radius 2 is 1.81 bits per heavy atom. The molecule has 186 valence electrons. The zero-order valence-electron chi connectivity index (χ0n) is 20.2. The molecule has 1 amide bonds. The second-order valence-corrected chi connectivity index (χ2v) is 10.1. The lowest BCUT2D eigenvalue weighted by Crippen LogP contribution is -2.13. The van der Waals surface area contributed by atoms with Gasteiger partial charge in [0, 0.05) is 10.2 Å². The average molecular weight is 661 g/mol. The van der Waals surface area contributed by atoms with E-state index in [0.717, 1.165) is 13.6 Å². The van der Waals surface area contributed by atoms with Gasteiger partial charge in [0.05, 0.1) is 16.3 Å². The third kappa shape index (κ3) is 8.00. The van der Waals surface area contributed by atoms with Crippen molar-refractivity contribution >= 4 is 56.2 Å². The molecule has 0 heterocycles. The van der Waals surface area contributed by atoms with E-state index in [1.165, 1.54) is 6.08 Å². The Hall–Kier alpha value is -3.03. The Balaban J connectivity index is 1.70. The number of carbonyl (C=O) groups excluding carboxylic acids is 1. The van der Waals surface area contributed by atoms with Crippen LogP contribution in [0.4, 0.5) is 5.69 Å². The van der Waals surface area contributed by atoms with E-state index in [-0.39, 0.29) is 11.7 Å². The average Bonchev–Trinajstić information content (AvgIpc) is 2.85. The lowest BCUT2D eigenvalue weighted by Gasteiger charge is -2.17. The number of hydrogen-bond acceptors (Lipinski definition) is 5. The van der Waals surface area contributed by atoms with Gasteiger partial charge < -0.3 is 19.5 Å². The predicted octanol–water partition coefficient (Wildman–Crippen LogP) is 7.36. The van der Waals surface area contributed by atoms with Crippen LogP contribution in [0.1, 0.15) is 31.9 Å². The predicted molar refractivity (Wildman–Crippen MR) is 153 cm³/mol. The van der Waals surface area contributed by atoms with Gasteiger partial charge in [-0.05, 0) is 109 Å². The molecule has 0 fully saturated rings. The first-order valence-electron chi connectivity index (χ1n) is 11.3. The fourth-order valence-electron chi connectivity index (χ4n) is 3.18. The fraction of sp³-hybridized carbons (Fsp3) is 0.214. The second kappa shape index (κ2) is 13.3. The van der Waals surface area contributed by atoms with Gasteiger partial charge in [0.2, 0.25) is 0 Å². The van der Waals surface area contributed by atoms with Crippen LogP contribution in [0.2, 0.25) is 0 Å². The summed E-state index contributed by atoms with van der Waals surface area (Å²) in [5.41, 5.74) is 2.25. The van der Waals surface area contributed by atoms with Gasteiger partial charge in [0.1, 0.15) is 24.0 Å². The van der Waals surface area contributed by atoms with Crippen molar-refractivity contribution < 1.29 is 19.0 Å². The van der Waals surface area contributed by atoms with Crippen LogP contribution in [-0.2, 0) is 11.4 Å². The van der Waals surface area contributed by atoms with E-state index in [4.69, 9.17) is 14.2 Å². The van der Waals surface area contributed by atoms with E-state index in [1.807, 2.05) is 57.2 Å². The SMILES string of the molecule is CCOc1cc(/C=C(\C#N)C(=O)Nc2ccc(OCc3ccc(Br)cc3)cc2)cc(I)c1OC(C)C. The Bertz CT molecular complexity index is 1270. The molecule has 8 heteroatoms. The molecule has 0 bridgehead atoms. The van der Waals surface area contributed by atoms with E-state index in [9.17, 15) is 10.1 Å². The molecule has 0 spiro atoms. The zero-order valence-corrected chi connectivity index (χ0v) is 23.9. The van der Waals surface area contributed by atoms with Crippen LogP contribution in [0.15, 0.2) is 70.7 Å². The van der Waals surface area contributed by atoms with Crippen LogP contribution in [-0.4, -0.2) is 18.6 Å². The van der Waals surface area contributed by atoms with E-state index in [1.54, 1.807) is 30.3 Å². The number of anilines is 1. The maximum atomic E-state index is 12.8. The minimum Gasteiger partial charge on any atom is -0.490 e. The highest BCUT2D eigenvalue weighted by molar-refractivity contribution is 14.1. The number of ether oxygens (including phenoxy) is 3. The number of carbonyl (C=O) groups is 1. The van der Waals surface area contributed by atoms with Gasteiger partial charge in [0.25, 0.3) is 5.91 Å². The van der Waals surface area contributed by atoms with Crippen molar-refractivity contribution in [3.63, 3.8) is 0 Å². The van der Waals surface area contributed by atoms with Crippen LogP contribution in [0.25, 0.3) is 6.08 Å². The van der Waals surface area contributed by atoms with Gasteiger partial charge in [0.15, 0.2) is 11.5 Å². The number of nitrogens with one attached hydrogen (secondary N) is 1. The second-order valence-electron chi connectivity index (χ2n) is 7.99. The minimum atomic E-state index is -0.503. The first-order chi connectivity index (χ1) is 17.3. The van der Waals surface area contributed by atoms with E-state index < -0.39 is 5.91 Å². The van der Waals surface area contributed by atoms with E-state index in [2.05, 4.69) is 43.8 Å². The number of rotatable bonds is 10. The summed E-state index contributed by atoms with van der Waals surface area (Å²) in [6.07, 6.45) is 1.52. The molecular weight excluding hydrogens is 635 g/mol. The van der Waals surface area contributed by atoms with Crippen molar-refractivity contribution in [3.05, 3.63) is 85.4 Å².